The summed E-state index contributed by atoms with van der Waals surface area (Å²) in [6.45, 7) is 1.82. The van der Waals surface area contributed by atoms with Gasteiger partial charge in [-0.2, -0.15) is 0 Å². The molecule has 0 saturated heterocycles. The molecule has 0 aliphatic heterocycles. The van der Waals surface area contributed by atoms with Gasteiger partial charge in [-0.05, 0) is 23.6 Å². The van der Waals surface area contributed by atoms with Gasteiger partial charge < -0.3 is 0 Å². The Hall–Kier alpha value is -0.630. The monoisotopic (exact) mass is 190 g/mol. The lowest BCUT2D eigenvalue weighted by molar-refractivity contribution is 0.577. The highest BCUT2D eigenvalue weighted by Gasteiger charge is 2.06. The van der Waals surface area contributed by atoms with Crippen LogP contribution in [0.1, 0.15) is 18.4 Å². The third-order valence-corrected chi connectivity index (χ3v) is 2.15. The minimum Gasteiger partial charge on any atom is -0.207 e. The Kier molecular flexibility index (Phi) is 3.04. The summed E-state index contributed by atoms with van der Waals surface area (Å²) in [5.41, 5.74) is 0.600. The van der Waals surface area contributed by atoms with Gasteiger partial charge in [-0.3, -0.25) is 0 Å². The van der Waals surface area contributed by atoms with Crippen LogP contribution < -0.4 is 0 Å². The van der Waals surface area contributed by atoms with Crippen LogP contribution in [-0.4, -0.2) is 5.88 Å². The smallest absolute Gasteiger partial charge is 0.126 e. The first-order chi connectivity index (χ1) is 5.63. The van der Waals surface area contributed by atoms with Crippen LogP contribution in [0.5, 0.6) is 0 Å². The van der Waals surface area contributed by atoms with Gasteiger partial charge in [0.2, 0.25) is 0 Å². The van der Waals surface area contributed by atoms with E-state index in [1.54, 1.807) is 0 Å². The average Bonchev–Trinajstić information content (AvgIpc) is 2.01. The molecule has 0 radical (unpaired) electrons. The first-order valence-electron chi connectivity index (χ1n) is 3.65. The Balaban J connectivity index is 3.00. The Morgan fingerprint density at radius 2 is 1.75 bits per heavy atom. The van der Waals surface area contributed by atoms with Crippen LogP contribution in [-0.2, 0) is 0 Å². The van der Waals surface area contributed by atoms with Crippen LogP contribution >= 0.6 is 11.6 Å². The van der Waals surface area contributed by atoms with E-state index in [9.17, 15) is 8.78 Å². The molecule has 12 heavy (non-hydrogen) atoms. The number of rotatable bonds is 2. The molecule has 0 amide bonds. The lowest BCUT2D eigenvalue weighted by atomic mass is 10.0. The Morgan fingerprint density at radius 1 is 1.25 bits per heavy atom. The molecular formula is C9H9ClF2. The number of alkyl halides is 1. The molecule has 1 aromatic carbocycles. The molecule has 0 heterocycles. The van der Waals surface area contributed by atoms with Gasteiger partial charge in [0.25, 0.3) is 0 Å². The second-order valence-electron chi connectivity index (χ2n) is 2.76. The van der Waals surface area contributed by atoms with Crippen molar-refractivity contribution < 1.29 is 8.78 Å². The first-order valence-corrected chi connectivity index (χ1v) is 4.19. The minimum absolute atomic E-state index is 0.0168. The van der Waals surface area contributed by atoms with E-state index in [1.165, 1.54) is 12.1 Å². The lowest BCUT2D eigenvalue weighted by Crippen LogP contribution is -1.96. The fraction of sp³-hybridized carbons (Fsp3) is 0.333. The van der Waals surface area contributed by atoms with Gasteiger partial charge in [0.15, 0.2) is 0 Å². The maximum Gasteiger partial charge on any atom is 0.126 e. The summed E-state index contributed by atoms with van der Waals surface area (Å²) in [5.74, 6) is -0.760. The van der Waals surface area contributed by atoms with Gasteiger partial charge >= 0.3 is 0 Å². The fourth-order valence-corrected chi connectivity index (χ4v) is 1.13. The summed E-state index contributed by atoms with van der Waals surface area (Å²) >= 11 is 5.55. The summed E-state index contributed by atoms with van der Waals surface area (Å²) in [4.78, 5) is 0. The van der Waals surface area contributed by atoms with Crippen molar-refractivity contribution in [3.63, 3.8) is 0 Å². The van der Waals surface area contributed by atoms with Crippen molar-refractivity contribution in [2.24, 2.45) is 0 Å². The van der Waals surface area contributed by atoms with Crippen molar-refractivity contribution in [2.45, 2.75) is 12.8 Å². The van der Waals surface area contributed by atoms with E-state index in [2.05, 4.69) is 0 Å². The molecule has 0 spiro atoms. The van der Waals surface area contributed by atoms with E-state index >= 15 is 0 Å². The molecule has 1 rings (SSSR count). The molecule has 0 aliphatic carbocycles. The summed E-state index contributed by atoms with van der Waals surface area (Å²) in [6.07, 6.45) is 0. The van der Waals surface area contributed by atoms with E-state index in [0.29, 0.717) is 11.4 Å². The molecule has 1 unspecified atom stereocenters. The van der Waals surface area contributed by atoms with Crippen molar-refractivity contribution in [3.05, 3.63) is 35.4 Å². The molecule has 0 N–H and O–H groups in total. The maximum absolute atomic E-state index is 12.6. The predicted molar refractivity (Wildman–Crippen MR) is 45.5 cm³/mol. The molecule has 0 aliphatic rings. The van der Waals surface area contributed by atoms with E-state index in [0.717, 1.165) is 6.07 Å². The molecule has 1 aromatic rings. The van der Waals surface area contributed by atoms with Crippen LogP contribution in [0.3, 0.4) is 0 Å². The van der Waals surface area contributed by atoms with Crippen LogP contribution in [0.25, 0.3) is 0 Å². The van der Waals surface area contributed by atoms with Crippen LogP contribution in [0.4, 0.5) is 8.78 Å². The molecule has 66 valence electrons. The third kappa shape index (κ3) is 2.18. The summed E-state index contributed by atoms with van der Waals surface area (Å²) in [6, 6.07) is 3.46. The zero-order valence-corrected chi connectivity index (χ0v) is 7.41. The number of benzene rings is 1. The van der Waals surface area contributed by atoms with Crippen LogP contribution in [0.15, 0.2) is 18.2 Å². The summed E-state index contributed by atoms with van der Waals surface area (Å²) in [5, 5.41) is 0. The molecule has 0 bridgehead atoms. The zero-order valence-electron chi connectivity index (χ0n) is 6.65. The number of hydrogen-bond acceptors (Lipinski definition) is 0. The summed E-state index contributed by atoms with van der Waals surface area (Å²) < 4.78 is 25.3. The number of halogens is 3. The predicted octanol–water partition coefficient (Wildman–Crippen LogP) is 3.31. The van der Waals surface area contributed by atoms with Crippen molar-refractivity contribution in [3.8, 4) is 0 Å². The van der Waals surface area contributed by atoms with Crippen LogP contribution in [0, 0.1) is 11.6 Å². The molecule has 0 saturated carbocycles. The Bertz CT molecular complexity index is 253. The van der Waals surface area contributed by atoms with Crippen molar-refractivity contribution in [1.82, 2.24) is 0 Å². The fourth-order valence-electron chi connectivity index (χ4n) is 0.949. The van der Waals surface area contributed by atoms with Gasteiger partial charge in [0.05, 0.1) is 0 Å². The zero-order chi connectivity index (χ0) is 9.14. The molecule has 3 heteroatoms. The Morgan fingerprint density at radius 3 is 2.17 bits per heavy atom. The molecule has 0 fully saturated rings. The maximum atomic E-state index is 12.6. The van der Waals surface area contributed by atoms with Gasteiger partial charge in [-0.1, -0.05) is 6.92 Å². The van der Waals surface area contributed by atoms with E-state index in [1.807, 2.05) is 6.92 Å². The van der Waals surface area contributed by atoms with Gasteiger partial charge in [-0.15, -0.1) is 11.6 Å². The van der Waals surface area contributed by atoms with Crippen LogP contribution in [0.2, 0.25) is 0 Å². The molecule has 1 atom stereocenters. The normalized spacial score (nSPS) is 13.0. The van der Waals surface area contributed by atoms with E-state index < -0.39 is 11.6 Å². The van der Waals surface area contributed by atoms with Gasteiger partial charge in [0.1, 0.15) is 11.6 Å². The second kappa shape index (κ2) is 3.85. The minimum atomic E-state index is -0.554. The highest BCUT2D eigenvalue weighted by atomic mass is 35.5. The second-order valence-corrected chi connectivity index (χ2v) is 3.07. The van der Waals surface area contributed by atoms with Crippen molar-refractivity contribution >= 4 is 11.6 Å². The summed E-state index contributed by atoms with van der Waals surface area (Å²) in [7, 11) is 0. The lowest BCUT2D eigenvalue weighted by Gasteiger charge is -2.07. The van der Waals surface area contributed by atoms with Crippen molar-refractivity contribution in [2.75, 3.05) is 5.88 Å². The highest BCUT2D eigenvalue weighted by Crippen LogP contribution is 2.18. The molecule has 0 aromatic heterocycles. The highest BCUT2D eigenvalue weighted by molar-refractivity contribution is 6.18. The molecule has 0 nitrogen and oxygen atoms in total. The van der Waals surface area contributed by atoms with E-state index in [-0.39, 0.29) is 5.92 Å². The topological polar surface area (TPSA) is 0 Å². The van der Waals surface area contributed by atoms with Crippen molar-refractivity contribution in [1.29, 1.82) is 0 Å². The van der Waals surface area contributed by atoms with Gasteiger partial charge in [-0.25, -0.2) is 8.78 Å². The van der Waals surface area contributed by atoms with E-state index in [4.69, 9.17) is 11.6 Å². The largest absolute Gasteiger partial charge is 0.207 e. The third-order valence-electron chi connectivity index (χ3n) is 1.69. The first kappa shape index (κ1) is 9.46. The average molecular weight is 191 g/mol. The molecular weight excluding hydrogens is 182 g/mol. The Labute approximate surface area is 75.2 Å². The SMILES string of the molecule is CC(CCl)c1cc(F)cc(F)c1. The van der Waals surface area contributed by atoms with Gasteiger partial charge in [0, 0.05) is 11.9 Å². The quantitative estimate of drug-likeness (QED) is 0.628. The number of hydrogen-bond donors (Lipinski definition) is 0. The standard InChI is InChI=1S/C9H9ClF2/c1-6(5-10)7-2-8(11)4-9(12)3-7/h2-4,6H,5H2,1H3.